The second-order valence-corrected chi connectivity index (χ2v) is 10.6. The number of pyridine rings is 1. The van der Waals surface area contributed by atoms with Crippen molar-refractivity contribution < 1.29 is 13.2 Å². The number of benzene rings is 1. The molecule has 0 atom stereocenters. The number of sulfone groups is 1. The Hall–Kier alpha value is -2.58. The van der Waals surface area contributed by atoms with E-state index in [1.165, 1.54) is 0 Å². The van der Waals surface area contributed by atoms with E-state index < -0.39 is 9.84 Å². The molecular formula is C22H25ClN4O3S. The third kappa shape index (κ3) is 4.70. The number of hydrogen-bond donors (Lipinski definition) is 0. The van der Waals surface area contributed by atoms with Crippen molar-refractivity contribution in [2.75, 3.05) is 43.1 Å². The maximum Gasteiger partial charge on any atom is 0.223 e. The first-order valence-corrected chi connectivity index (χ1v) is 12.6. The zero-order valence-electron chi connectivity index (χ0n) is 17.6. The van der Waals surface area contributed by atoms with Gasteiger partial charge in [0.15, 0.2) is 0 Å². The van der Waals surface area contributed by atoms with Crippen molar-refractivity contribution >= 4 is 38.7 Å². The highest BCUT2D eigenvalue weighted by atomic mass is 35.5. The molecule has 0 unspecified atom stereocenters. The van der Waals surface area contributed by atoms with Crippen LogP contribution in [0.25, 0.3) is 16.9 Å². The molecule has 164 valence electrons. The Labute approximate surface area is 187 Å². The van der Waals surface area contributed by atoms with Gasteiger partial charge in [0.05, 0.1) is 16.5 Å². The standard InChI is InChI=1S/C22H25ClN4O3S/c1-16-22(24-20-5-3-4-9-27(16)20)18-15-17(6-7-19(18)23)25-10-12-26(13-11-25)21(28)8-14-31(2,29)30/h3-7,9,15H,8,10-14H2,1-2H3. The summed E-state index contributed by atoms with van der Waals surface area (Å²) in [6.45, 7) is 4.51. The minimum absolute atomic E-state index is 0.0388. The Kier molecular flexibility index (Phi) is 5.94. The Morgan fingerprint density at radius 1 is 1.13 bits per heavy atom. The molecule has 0 spiro atoms. The van der Waals surface area contributed by atoms with Crippen LogP contribution in [0.5, 0.6) is 0 Å². The van der Waals surface area contributed by atoms with E-state index in [9.17, 15) is 13.2 Å². The van der Waals surface area contributed by atoms with Crippen molar-refractivity contribution in [2.45, 2.75) is 13.3 Å². The number of anilines is 1. The predicted molar refractivity (Wildman–Crippen MR) is 123 cm³/mol. The first kappa shape index (κ1) is 21.6. The van der Waals surface area contributed by atoms with Crippen LogP contribution in [-0.4, -0.2) is 66.8 Å². The lowest BCUT2D eigenvalue weighted by molar-refractivity contribution is -0.131. The number of carbonyl (C=O) groups excluding carboxylic acids is 1. The number of piperazine rings is 1. The summed E-state index contributed by atoms with van der Waals surface area (Å²) in [6.07, 6.45) is 3.18. The van der Waals surface area contributed by atoms with Crippen LogP contribution in [0.4, 0.5) is 5.69 Å². The lowest BCUT2D eigenvalue weighted by Crippen LogP contribution is -2.49. The topological polar surface area (TPSA) is 75.0 Å². The molecule has 1 aliphatic rings. The summed E-state index contributed by atoms with van der Waals surface area (Å²) in [5.74, 6) is -0.215. The van der Waals surface area contributed by atoms with Gasteiger partial charge in [-0.1, -0.05) is 17.7 Å². The molecule has 1 saturated heterocycles. The second kappa shape index (κ2) is 8.51. The summed E-state index contributed by atoms with van der Waals surface area (Å²) in [4.78, 5) is 21.0. The van der Waals surface area contributed by atoms with Gasteiger partial charge in [0.2, 0.25) is 5.91 Å². The van der Waals surface area contributed by atoms with Gasteiger partial charge in [-0.05, 0) is 37.3 Å². The number of halogens is 1. The number of rotatable bonds is 5. The third-order valence-electron chi connectivity index (χ3n) is 5.66. The molecule has 1 aromatic carbocycles. The Balaban J connectivity index is 1.50. The molecule has 1 amide bonds. The van der Waals surface area contributed by atoms with E-state index in [4.69, 9.17) is 16.6 Å². The van der Waals surface area contributed by atoms with Gasteiger partial charge >= 0.3 is 0 Å². The maximum atomic E-state index is 12.3. The second-order valence-electron chi connectivity index (χ2n) is 7.89. The van der Waals surface area contributed by atoms with Gasteiger partial charge < -0.3 is 14.2 Å². The number of nitrogens with zero attached hydrogens (tertiary/aromatic N) is 4. The quantitative estimate of drug-likeness (QED) is 0.585. The molecule has 3 heterocycles. The van der Waals surface area contributed by atoms with Crippen molar-refractivity contribution in [3.63, 3.8) is 0 Å². The van der Waals surface area contributed by atoms with Crippen molar-refractivity contribution in [3.05, 3.63) is 53.3 Å². The van der Waals surface area contributed by atoms with Crippen LogP contribution in [0.3, 0.4) is 0 Å². The van der Waals surface area contributed by atoms with Crippen molar-refractivity contribution in [3.8, 4) is 11.3 Å². The number of fused-ring (bicyclic) bond motifs is 1. The monoisotopic (exact) mass is 460 g/mol. The molecule has 1 aliphatic heterocycles. The van der Waals surface area contributed by atoms with Gasteiger partial charge in [-0.25, -0.2) is 13.4 Å². The van der Waals surface area contributed by atoms with Crippen LogP contribution in [0.2, 0.25) is 5.02 Å². The van der Waals surface area contributed by atoms with Gasteiger partial charge in [0, 0.05) is 62.0 Å². The van der Waals surface area contributed by atoms with Crippen LogP contribution < -0.4 is 4.90 Å². The smallest absolute Gasteiger partial charge is 0.223 e. The highest BCUT2D eigenvalue weighted by Crippen LogP contribution is 2.34. The molecular weight excluding hydrogens is 436 g/mol. The molecule has 0 bridgehead atoms. The molecule has 0 N–H and O–H groups in total. The van der Waals surface area contributed by atoms with Gasteiger partial charge in [-0.15, -0.1) is 0 Å². The van der Waals surface area contributed by atoms with E-state index in [2.05, 4.69) is 11.0 Å². The zero-order valence-corrected chi connectivity index (χ0v) is 19.2. The van der Waals surface area contributed by atoms with E-state index in [0.717, 1.165) is 34.5 Å². The van der Waals surface area contributed by atoms with E-state index in [1.54, 1.807) is 4.90 Å². The predicted octanol–water partition coefficient (Wildman–Crippen LogP) is 3.05. The fraction of sp³-hybridized carbons (Fsp3) is 0.364. The highest BCUT2D eigenvalue weighted by Gasteiger charge is 2.23. The average Bonchev–Trinajstić information content (AvgIpc) is 3.08. The molecule has 0 saturated carbocycles. The fourth-order valence-corrected chi connectivity index (χ4v) is 4.66. The van der Waals surface area contributed by atoms with Crippen LogP contribution in [-0.2, 0) is 14.6 Å². The molecule has 0 aliphatic carbocycles. The largest absolute Gasteiger partial charge is 0.368 e. The molecule has 2 aromatic heterocycles. The SMILES string of the molecule is Cc1c(-c2cc(N3CCN(C(=O)CCS(C)(=O)=O)CC3)ccc2Cl)nc2ccccn12. The highest BCUT2D eigenvalue weighted by molar-refractivity contribution is 7.90. The summed E-state index contributed by atoms with van der Waals surface area (Å²) < 4.78 is 24.7. The van der Waals surface area contributed by atoms with Gasteiger partial charge in [0.1, 0.15) is 15.5 Å². The van der Waals surface area contributed by atoms with Crippen LogP contribution >= 0.6 is 11.6 Å². The Morgan fingerprint density at radius 2 is 1.87 bits per heavy atom. The normalized spacial score (nSPS) is 14.9. The summed E-state index contributed by atoms with van der Waals surface area (Å²) in [6, 6.07) is 11.8. The summed E-state index contributed by atoms with van der Waals surface area (Å²) in [5, 5.41) is 0.643. The molecule has 1 fully saturated rings. The molecule has 9 heteroatoms. The number of imidazole rings is 1. The number of hydrogen-bond acceptors (Lipinski definition) is 5. The molecule has 3 aromatic rings. The average molecular weight is 461 g/mol. The van der Waals surface area contributed by atoms with E-state index in [-0.39, 0.29) is 18.1 Å². The van der Waals surface area contributed by atoms with Crippen molar-refractivity contribution in [1.82, 2.24) is 14.3 Å². The van der Waals surface area contributed by atoms with Crippen molar-refractivity contribution in [1.29, 1.82) is 0 Å². The summed E-state index contributed by atoms with van der Waals surface area (Å²) in [7, 11) is -3.14. The number of aryl methyl sites for hydroxylation is 1. The third-order valence-corrected chi connectivity index (χ3v) is 6.93. The minimum atomic E-state index is -3.14. The Morgan fingerprint density at radius 3 is 2.55 bits per heavy atom. The molecule has 31 heavy (non-hydrogen) atoms. The van der Waals surface area contributed by atoms with Crippen LogP contribution in [0, 0.1) is 6.92 Å². The molecule has 7 nitrogen and oxygen atoms in total. The summed E-state index contributed by atoms with van der Waals surface area (Å²) in [5.41, 5.74) is 4.66. The maximum absolute atomic E-state index is 12.3. The number of carbonyl (C=O) groups is 1. The first-order chi connectivity index (χ1) is 14.7. The lowest BCUT2D eigenvalue weighted by Gasteiger charge is -2.36. The fourth-order valence-electron chi connectivity index (χ4n) is 3.91. The minimum Gasteiger partial charge on any atom is -0.368 e. The summed E-state index contributed by atoms with van der Waals surface area (Å²) >= 11 is 6.54. The van der Waals surface area contributed by atoms with Crippen LogP contribution in [0.1, 0.15) is 12.1 Å². The van der Waals surface area contributed by atoms with E-state index >= 15 is 0 Å². The molecule has 4 rings (SSSR count). The molecule has 0 radical (unpaired) electrons. The van der Waals surface area contributed by atoms with Crippen LogP contribution in [0.15, 0.2) is 42.6 Å². The van der Waals surface area contributed by atoms with E-state index in [1.807, 2.05) is 47.9 Å². The number of aromatic nitrogens is 2. The first-order valence-electron chi connectivity index (χ1n) is 10.2. The zero-order chi connectivity index (χ0) is 22.2. The number of amides is 1. The lowest BCUT2D eigenvalue weighted by atomic mass is 10.1. The van der Waals surface area contributed by atoms with Crippen molar-refractivity contribution in [2.24, 2.45) is 0 Å². The van der Waals surface area contributed by atoms with Gasteiger partial charge in [-0.2, -0.15) is 0 Å². The van der Waals surface area contributed by atoms with Gasteiger partial charge in [0.25, 0.3) is 0 Å². The Bertz CT molecular complexity index is 1230. The van der Waals surface area contributed by atoms with E-state index in [0.29, 0.717) is 31.2 Å². The van der Waals surface area contributed by atoms with Gasteiger partial charge in [-0.3, -0.25) is 4.79 Å².